The number of hydrogen-bond acceptors (Lipinski definition) is 1. The van der Waals surface area contributed by atoms with Crippen molar-refractivity contribution in [2.75, 3.05) is 6.61 Å². The van der Waals surface area contributed by atoms with Crippen molar-refractivity contribution in [2.24, 2.45) is 0 Å². The zero-order valence-electron chi connectivity index (χ0n) is 10.6. The topological polar surface area (TPSA) is 9.23 Å². The number of ether oxygens (including phenoxy) is 1. The molecule has 0 aliphatic heterocycles. The Morgan fingerprint density at radius 1 is 0.944 bits per heavy atom. The van der Waals surface area contributed by atoms with Crippen molar-refractivity contribution in [1.29, 1.82) is 0 Å². The summed E-state index contributed by atoms with van der Waals surface area (Å²) in [4.78, 5) is 0. The van der Waals surface area contributed by atoms with Crippen LogP contribution in [0.4, 0.5) is 0 Å². The zero-order chi connectivity index (χ0) is 12.6. The summed E-state index contributed by atoms with van der Waals surface area (Å²) < 4.78 is 5.76. The smallest absolute Gasteiger partial charge is 0.0801 e. The van der Waals surface area contributed by atoms with Gasteiger partial charge in [0.2, 0.25) is 0 Å². The van der Waals surface area contributed by atoms with Crippen molar-refractivity contribution in [1.82, 2.24) is 0 Å². The van der Waals surface area contributed by atoms with Crippen LogP contribution in [-0.4, -0.2) is 6.61 Å². The van der Waals surface area contributed by atoms with Gasteiger partial charge in [-0.15, -0.1) is 0 Å². The first-order valence-corrected chi connectivity index (χ1v) is 6.24. The molecule has 2 aromatic rings. The molecule has 2 aromatic carbocycles. The second-order valence-corrected chi connectivity index (χ2v) is 4.20. The van der Waals surface area contributed by atoms with E-state index in [-0.39, 0.29) is 6.10 Å². The SMILES string of the molecule is C[C@H](OC/C=C/c1ccccc1)c1ccccc1. The highest BCUT2D eigenvalue weighted by atomic mass is 16.5. The van der Waals surface area contributed by atoms with Crippen LogP contribution >= 0.6 is 0 Å². The van der Waals surface area contributed by atoms with Crippen molar-refractivity contribution in [3.05, 3.63) is 77.9 Å². The fourth-order valence-corrected chi connectivity index (χ4v) is 1.77. The molecular weight excluding hydrogens is 220 g/mol. The average molecular weight is 238 g/mol. The van der Waals surface area contributed by atoms with Crippen molar-refractivity contribution >= 4 is 6.08 Å². The summed E-state index contributed by atoms with van der Waals surface area (Å²) in [6, 6.07) is 20.5. The number of hydrogen-bond donors (Lipinski definition) is 0. The molecule has 2 rings (SSSR count). The van der Waals surface area contributed by atoms with Crippen LogP contribution < -0.4 is 0 Å². The molecule has 0 radical (unpaired) electrons. The Hall–Kier alpha value is -1.86. The fourth-order valence-electron chi connectivity index (χ4n) is 1.77. The first-order valence-electron chi connectivity index (χ1n) is 6.24. The third-order valence-electron chi connectivity index (χ3n) is 2.82. The Labute approximate surface area is 109 Å². The summed E-state index contributed by atoms with van der Waals surface area (Å²) in [6.07, 6.45) is 4.26. The van der Waals surface area contributed by atoms with Crippen LogP contribution in [0.15, 0.2) is 66.7 Å². The molecule has 0 saturated carbocycles. The van der Waals surface area contributed by atoms with Crippen molar-refractivity contribution < 1.29 is 4.74 Å². The maximum atomic E-state index is 5.76. The van der Waals surface area contributed by atoms with Gasteiger partial charge in [0.25, 0.3) is 0 Å². The molecule has 1 atom stereocenters. The molecule has 0 unspecified atom stereocenters. The molecular formula is C17H18O. The Bertz CT molecular complexity index is 473. The lowest BCUT2D eigenvalue weighted by atomic mass is 10.1. The Kier molecular flexibility index (Phi) is 4.74. The van der Waals surface area contributed by atoms with E-state index in [2.05, 4.69) is 43.3 Å². The van der Waals surface area contributed by atoms with E-state index >= 15 is 0 Å². The first kappa shape index (κ1) is 12.6. The van der Waals surface area contributed by atoms with Gasteiger partial charge in [-0.2, -0.15) is 0 Å². The van der Waals surface area contributed by atoms with E-state index in [1.54, 1.807) is 0 Å². The highest BCUT2D eigenvalue weighted by Gasteiger charge is 2.02. The van der Waals surface area contributed by atoms with E-state index in [0.29, 0.717) is 6.61 Å². The molecule has 0 fully saturated rings. The minimum absolute atomic E-state index is 0.131. The van der Waals surface area contributed by atoms with Gasteiger partial charge in [0.1, 0.15) is 0 Å². The predicted molar refractivity (Wildman–Crippen MR) is 76.3 cm³/mol. The normalized spacial score (nSPS) is 12.7. The maximum absolute atomic E-state index is 5.76. The quantitative estimate of drug-likeness (QED) is 0.746. The third-order valence-corrected chi connectivity index (χ3v) is 2.82. The van der Waals surface area contributed by atoms with Crippen LogP contribution in [0, 0.1) is 0 Å². The van der Waals surface area contributed by atoms with Gasteiger partial charge >= 0.3 is 0 Å². The molecule has 0 N–H and O–H groups in total. The van der Waals surface area contributed by atoms with Crippen LogP contribution in [0.5, 0.6) is 0 Å². The van der Waals surface area contributed by atoms with Crippen LogP contribution in [0.25, 0.3) is 6.08 Å². The number of rotatable bonds is 5. The lowest BCUT2D eigenvalue weighted by Crippen LogP contribution is -1.99. The molecule has 1 nitrogen and oxygen atoms in total. The highest BCUT2D eigenvalue weighted by molar-refractivity contribution is 5.48. The molecule has 1 heteroatoms. The molecule has 0 bridgehead atoms. The van der Waals surface area contributed by atoms with E-state index in [4.69, 9.17) is 4.74 Å². The Morgan fingerprint density at radius 2 is 1.56 bits per heavy atom. The van der Waals surface area contributed by atoms with Gasteiger partial charge in [0.15, 0.2) is 0 Å². The summed E-state index contributed by atoms with van der Waals surface area (Å²) in [5, 5.41) is 0. The van der Waals surface area contributed by atoms with Gasteiger partial charge < -0.3 is 4.74 Å². The maximum Gasteiger partial charge on any atom is 0.0801 e. The van der Waals surface area contributed by atoms with Crippen molar-refractivity contribution in [3.63, 3.8) is 0 Å². The van der Waals surface area contributed by atoms with E-state index in [9.17, 15) is 0 Å². The first-order chi connectivity index (χ1) is 8.86. The standard InChI is InChI=1S/C17H18O/c1-15(17-12-6-3-7-13-17)18-14-8-11-16-9-4-2-5-10-16/h2-13,15H,14H2,1H3/b11-8+/t15-/m0/s1. The van der Waals surface area contributed by atoms with Gasteiger partial charge in [0.05, 0.1) is 12.7 Å². The average Bonchev–Trinajstić information content (AvgIpc) is 2.45. The molecule has 0 aromatic heterocycles. The van der Waals surface area contributed by atoms with Crippen LogP contribution in [0.2, 0.25) is 0 Å². The monoisotopic (exact) mass is 238 g/mol. The van der Waals surface area contributed by atoms with Crippen molar-refractivity contribution in [3.8, 4) is 0 Å². The van der Waals surface area contributed by atoms with Crippen LogP contribution in [0.1, 0.15) is 24.2 Å². The van der Waals surface area contributed by atoms with Gasteiger partial charge in [0, 0.05) is 0 Å². The zero-order valence-corrected chi connectivity index (χ0v) is 10.6. The summed E-state index contributed by atoms with van der Waals surface area (Å²) in [7, 11) is 0. The van der Waals surface area contributed by atoms with E-state index in [1.165, 1.54) is 11.1 Å². The Morgan fingerprint density at radius 3 is 2.22 bits per heavy atom. The van der Waals surface area contributed by atoms with Crippen molar-refractivity contribution in [2.45, 2.75) is 13.0 Å². The molecule has 0 saturated heterocycles. The van der Waals surface area contributed by atoms with E-state index in [0.717, 1.165) is 0 Å². The summed E-state index contributed by atoms with van der Waals surface area (Å²) in [5.41, 5.74) is 2.42. The highest BCUT2D eigenvalue weighted by Crippen LogP contribution is 2.15. The fraction of sp³-hybridized carbons (Fsp3) is 0.176. The largest absolute Gasteiger partial charge is 0.370 e. The van der Waals surface area contributed by atoms with E-state index < -0.39 is 0 Å². The minimum atomic E-state index is 0.131. The van der Waals surface area contributed by atoms with Gasteiger partial charge in [-0.1, -0.05) is 72.8 Å². The van der Waals surface area contributed by atoms with Gasteiger partial charge in [-0.05, 0) is 18.1 Å². The van der Waals surface area contributed by atoms with Crippen LogP contribution in [-0.2, 0) is 4.74 Å². The molecule has 0 aliphatic carbocycles. The molecule has 0 aliphatic rings. The molecule has 0 spiro atoms. The third kappa shape index (κ3) is 3.86. The van der Waals surface area contributed by atoms with Crippen LogP contribution in [0.3, 0.4) is 0 Å². The lowest BCUT2D eigenvalue weighted by molar-refractivity contribution is 0.0889. The summed E-state index contributed by atoms with van der Waals surface area (Å²) in [6.45, 7) is 2.71. The molecule has 0 amide bonds. The van der Waals surface area contributed by atoms with E-state index in [1.807, 2.05) is 36.4 Å². The second-order valence-electron chi connectivity index (χ2n) is 4.20. The van der Waals surface area contributed by atoms with Gasteiger partial charge in [-0.3, -0.25) is 0 Å². The number of benzene rings is 2. The molecule has 92 valence electrons. The summed E-state index contributed by atoms with van der Waals surface area (Å²) >= 11 is 0. The molecule has 0 heterocycles. The molecule has 18 heavy (non-hydrogen) atoms. The lowest BCUT2D eigenvalue weighted by Gasteiger charge is -2.11. The minimum Gasteiger partial charge on any atom is -0.370 e. The van der Waals surface area contributed by atoms with Gasteiger partial charge in [-0.25, -0.2) is 0 Å². The second kappa shape index (κ2) is 6.77. The predicted octanol–water partition coefficient (Wildman–Crippen LogP) is 4.48. The Balaban J connectivity index is 1.81. The summed E-state index contributed by atoms with van der Waals surface area (Å²) in [5.74, 6) is 0.